The fourth-order valence-electron chi connectivity index (χ4n) is 1.62. The molecule has 1 aromatic carbocycles. The van der Waals surface area contributed by atoms with Gasteiger partial charge in [0, 0.05) is 6.54 Å². The Morgan fingerprint density at radius 3 is 2.33 bits per heavy atom. The van der Waals surface area contributed by atoms with Crippen LogP contribution in [0, 0.1) is 0 Å². The smallest absolute Gasteiger partial charge is 0.241 e. The van der Waals surface area contributed by atoms with E-state index in [1.54, 1.807) is 18.2 Å². The molecule has 0 spiro atoms. The predicted octanol–water partition coefficient (Wildman–Crippen LogP) is -1.13. The van der Waals surface area contributed by atoms with Crippen LogP contribution in [0.3, 0.4) is 0 Å². The molecule has 0 unspecified atom stereocenters. The summed E-state index contributed by atoms with van der Waals surface area (Å²) in [5.41, 5.74) is 15.6. The summed E-state index contributed by atoms with van der Waals surface area (Å²) in [6.07, 6.45) is 0.626. The van der Waals surface area contributed by atoms with E-state index in [1.807, 2.05) is 0 Å². The summed E-state index contributed by atoms with van der Waals surface area (Å²) in [5.74, 6) is -0.810. The van der Waals surface area contributed by atoms with Crippen LogP contribution in [-0.4, -0.2) is 32.9 Å². The number of nitrogens with zero attached hydrogens (tertiary/aromatic N) is 1. The van der Waals surface area contributed by atoms with Crippen molar-refractivity contribution in [2.24, 2.45) is 22.2 Å². The van der Waals surface area contributed by atoms with E-state index in [2.05, 4.69) is 9.71 Å². The normalized spacial score (nSPS) is 12.6. The largest absolute Gasteiger partial charge is 0.370 e. The molecule has 0 aliphatic heterocycles. The first-order valence-electron chi connectivity index (χ1n) is 6.25. The third-order valence-corrected chi connectivity index (χ3v) is 4.13. The van der Waals surface area contributed by atoms with E-state index in [1.165, 1.54) is 12.1 Å². The van der Waals surface area contributed by atoms with Gasteiger partial charge in [-0.2, -0.15) is 4.72 Å². The number of amides is 1. The molecule has 0 saturated carbocycles. The van der Waals surface area contributed by atoms with Gasteiger partial charge < -0.3 is 17.2 Å². The number of primary amides is 1. The van der Waals surface area contributed by atoms with Gasteiger partial charge in [0.2, 0.25) is 15.9 Å². The monoisotopic (exact) mass is 313 g/mol. The molecule has 7 N–H and O–H groups in total. The summed E-state index contributed by atoms with van der Waals surface area (Å²) >= 11 is 0. The molecule has 9 heteroatoms. The predicted molar refractivity (Wildman–Crippen MR) is 79.7 cm³/mol. The van der Waals surface area contributed by atoms with E-state index in [0.717, 1.165) is 0 Å². The number of guanidine groups is 1. The molecule has 0 radical (unpaired) electrons. The lowest BCUT2D eigenvalue weighted by atomic mass is 10.1. The van der Waals surface area contributed by atoms with Gasteiger partial charge >= 0.3 is 0 Å². The third-order valence-electron chi connectivity index (χ3n) is 2.64. The zero-order chi connectivity index (χ0) is 15.9. The van der Waals surface area contributed by atoms with E-state index in [4.69, 9.17) is 17.2 Å². The molecule has 116 valence electrons. The van der Waals surface area contributed by atoms with Crippen molar-refractivity contribution in [3.8, 4) is 0 Å². The second-order valence-electron chi connectivity index (χ2n) is 4.34. The van der Waals surface area contributed by atoms with Crippen molar-refractivity contribution in [3.05, 3.63) is 30.3 Å². The number of hydrogen-bond donors (Lipinski definition) is 4. The van der Waals surface area contributed by atoms with Gasteiger partial charge in [-0.15, -0.1) is 0 Å². The lowest BCUT2D eigenvalue weighted by Gasteiger charge is -2.15. The number of carbonyl (C=O) groups excluding carboxylic acids is 1. The Bertz CT molecular complexity index is 597. The molecule has 0 fully saturated rings. The number of sulfonamides is 1. The molecule has 0 aliphatic carbocycles. The molecule has 8 nitrogen and oxygen atoms in total. The number of aliphatic imine (C=N–C) groups is 1. The van der Waals surface area contributed by atoms with E-state index < -0.39 is 22.0 Å². The number of rotatable bonds is 8. The fourth-order valence-corrected chi connectivity index (χ4v) is 2.88. The standard InChI is InChI=1S/C12H19N5O3S/c13-11(18)10(7-4-8-16-12(14)15)17-21(19,20)9-5-2-1-3-6-9/h1-3,5-6,10,17H,4,7-8H2,(H2,13,18)(H4,14,15,16)/t10-/m0/s1. The van der Waals surface area contributed by atoms with Gasteiger partial charge in [-0.3, -0.25) is 9.79 Å². The minimum Gasteiger partial charge on any atom is -0.370 e. The van der Waals surface area contributed by atoms with E-state index >= 15 is 0 Å². The number of nitrogens with one attached hydrogen (secondary N) is 1. The second-order valence-corrected chi connectivity index (χ2v) is 6.05. The first kappa shape index (κ1) is 16.9. The highest BCUT2D eigenvalue weighted by molar-refractivity contribution is 7.89. The lowest BCUT2D eigenvalue weighted by molar-refractivity contribution is -0.119. The first-order valence-corrected chi connectivity index (χ1v) is 7.73. The zero-order valence-electron chi connectivity index (χ0n) is 11.4. The van der Waals surface area contributed by atoms with Crippen LogP contribution in [0.2, 0.25) is 0 Å². The average molecular weight is 313 g/mol. The van der Waals surface area contributed by atoms with E-state index in [0.29, 0.717) is 13.0 Å². The molecule has 0 saturated heterocycles. The van der Waals surface area contributed by atoms with Crippen molar-refractivity contribution in [2.45, 2.75) is 23.8 Å². The van der Waals surface area contributed by atoms with Crippen LogP contribution in [0.5, 0.6) is 0 Å². The molecule has 1 atom stereocenters. The third kappa shape index (κ3) is 5.79. The number of hydrogen-bond acceptors (Lipinski definition) is 4. The number of nitrogens with two attached hydrogens (primary N) is 3. The fraction of sp³-hybridized carbons (Fsp3) is 0.333. The van der Waals surface area contributed by atoms with Crippen LogP contribution in [-0.2, 0) is 14.8 Å². The second kappa shape index (κ2) is 7.60. The lowest BCUT2D eigenvalue weighted by Crippen LogP contribution is -2.44. The molecule has 21 heavy (non-hydrogen) atoms. The van der Waals surface area contributed by atoms with Crippen LogP contribution in [0.4, 0.5) is 0 Å². The Hall–Kier alpha value is -2.13. The van der Waals surface area contributed by atoms with Crippen molar-refractivity contribution in [2.75, 3.05) is 6.54 Å². The van der Waals surface area contributed by atoms with Crippen molar-refractivity contribution in [1.82, 2.24) is 4.72 Å². The Kier molecular flexibility index (Phi) is 6.12. The van der Waals surface area contributed by atoms with E-state index in [-0.39, 0.29) is 17.3 Å². The SMILES string of the molecule is NC(=O)[C@H](CCCN=C(N)N)NS(=O)(=O)c1ccccc1. The van der Waals surface area contributed by atoms with Crippen molar-refractivity contribution in [1.29, 1.82) is 0 Å². The quantitative estimate of drug-likeness (QED) is 0.272. The maximum Gasteiger partial charge on any atom is 0.241 e. The minimum absolute atomic E-state index is 0.0597. The summed E-state index contributed by atoms with van der Waals surface area (Å²) in [4.78, 5) is 15.2. The van der Waals surface area contributed by atoms with E-state index in [9.17, 15) is 13.2 Å². The van der Waals surface area contributed by atoms with Crippen LogP contribution in [0.15, 0.2) is 40.2 Å². The summed E-state index contributed by atoms with van der Waals surface area (Å²) < 4.78 is 26.5. The Balaban J connectivity index is 2.70. The zero-order valence-corrected chi connectivity index (χ0v) is 12.2. The van der Waals surface area contributed by atoms with Crippen LogP contribution < -0.4 is 21.9 Å². The van der Waals surface area contributed by atoms with Gasteiger partial charge in [0.15, 0.2) is 5.96 Å². The highest BCUT2D eigenvalue weighted by Crippen LogP contribution is 2.09. The van der Waals surface area contributed by atoms with Crippen LogP contribution in [0.1, 0.15) is 12.8 Å². The Labute approximate surface area is 123 Å². The van der Waals surface area contributed by atoms with Gasteiger partial charge in [-0.25, -0.2) is 8.42 Å². The molecule has 1 amide bonds. The molecule has 1 aromatic rings. The van der Waals surface area contributed by atoms with Crippen molar-refractivity contribution < 1.29 is 13.2 Å². The summed E-state index contributed by atoms with van der Waals surface area (Å²) in [6, 6.07) is 6.72. The first-order chi connectivity index (χ1) is 9.83. The molecular formula is C12H19N5O3S. The van der Waals surface area contributed by atoms with Gasteiger partial charge in [0.1, 0.15) is 6.04 Å². The van der Waals surface area contributed by atoms with Crippen molar-refractivity contribution >= 4 is 21.9 Å². The molecule has 0 bridgehead atoms. The highest BCUT2D eigenvalue weighted by atomic mass is 32.2. The van der Waals surface area contributed by atoms with Gasteiger partial charge in [0.25, 0.3) is 0 Å². The van der Waals surface area contributed by atoms with Crippen LogP contribution in [0.25, 0.3) is 0 Å². The molecular weight excluding hydrogens is 294 g/mol. The van der Waals surface area contributed by atoms with Gasteiger partial charge in [-0.05, 0) is 25.0 Å². The molecule has 0 aliphatic rings. The minimum atomic E-state index is -3.79. The molecule has 0 aromatic heterocycles. The number of benzene rings is 1. The molecule has 0 heterocycles. The summed E-state index contributed by atoms with van der Waals surface area (Å²) in [5, 5.41) is 0. The average Bonchev–Trinajstić information content (AvgIpc) is 2.42. The Morgan fingerprint density at radius 1 is 1.19 bits per heavy atom. The maximum absolute atomic E-state index is 12.1. The van der Waals surface area contributed by atoms with Gasteiger partial charge in [0.05, 0.1) is 4.90 Å². The maximum atomic E-state index is 12.1. The summed E-state index contributed by atoms with van der Waals surface area (Å²) in [6.45, 7) is 0.291. The number of carbonyl (C=O) groups is 1. The highest BCUT2D eigenvalue weighted by Gasteiger charge is 2.23. The Morgan fingerprint density at radius 2 is 1.81 bits per heavy atom. The summed E-state index contributed by atoms with van der Waals surface area (Å²) in [7, 11) is -3.79. The van der Waals surface area contributed by atoms with Gasteiger partial charge in [-0.1, -0.05) is 18.2 Å². The van der Waals surface area contributed by atoms with Crippen LogP contribution >= 0.6 is 0 Å². The molecule has 1 rings (SSSR count). The topological polar surface area (TPSA) is 154 Å². The van der Waals surface area contributed by atoms with Crippen molar-refractivity contribution in [3.63, 3.8) is 0 Å².